The van der Waals surface area contributed by atoms with Crippen molar-refractivity contribution in [2.75, 3.05) is 11.9 Å². The molecule has 0 aliphatic rings. The second kappa shape index (κ2) is 10.3. The maximum Gasteiger partial charge on any atom is 0.414 e. The molecule has 3 rings (SSSR count). The molecule has 1 aromatic heterocycles. The standard InChI is InChI=1S/C26H31Cl2N3O3/c1-16(2)19-14-29-31(24-20(27)9-8-10-21(24)28)23(19)15-33-18-11-12-22(17(3)13-18)30(7)25(32)34-26(4,5)6/h8-14,16H,15H2,1-7H3. The summed E-state index contributed by atoms with van der Waals surface area (Å²) in [6, 6.07) is 11.0. The highest BCUT2D eigenvalue weighted by Crippen LogP contribution is 2.32. The molecule has 6 nitrogen and oxygen atoms in total. The van der Waals surface area contributed by atoms with Crippen molar-refractivity contribution >= 4 is 35.0 Å². The summed E-state index contributed by atoms with van der Waals surface area (Å²) in [5, 5.41) is 5.58. The molecule has 8 heteroatoms. The number of carbonyl (C=O) groups excluding carboxylic acids is 1. The number of rotatable bonds is 6. The van der Waals surface area contributed by atoms with Crippen LogP contribution in [0.5, 0.6) is 5.75 Å². The number of aryl methyl sites for hydroxylation is 1. The molecule has 0 N–H and O–H groups in total. The average Bonchev–Trinajstić information content (AvgIpc) is 3.14. The van der Waals surface area contributed by atoms with Crippen LogP contribution in [0.1, 0.15) is 57.4 Å². The molecule has 0 saturated carbocycles. The van der Waals surface area contributed by atoms with Crippen LogP contribution in [-0.2, 0) is 11.3 Å². The Hall–Kier alpha value is -2.70. The molecular weight excluding hydrogens is 473 g/mol. The molecule has 182 valence electrons. The van der Waals surface area contributed by atoms with Crippen molar-refractivity contribution in [3.05, 3.63) is 69.5 Å². The van der Waals surface area contributed by atoms with E-state index in [2.05, 4.69) is 18.9 Å². The topological polar surface area (TPSA) is 56.6 Å². The van der Waals surface area contributed by atoms with Gasteiger partial charge in [-0.05, 0) is 75.1 Å². The number of ether oxygens (including phenoxy) is 2. The Bertz CT molecular complexity index is 1160. The van der Waals surface area contributed by atoms with Gasteiger partial charge in [-0.1, -0.05) is 43.1 Å². The molecule has 0 unspecified atom stereocenters. The minimum atomic E-state index is -0.566. The van der Waals surface area contributed by atoms with Gasteiger partial charge in [0.05, 0.1) is 21.9 Å². The minimum absolute atomic E-state index is 0.236. The fourth-order valence-corrected chi connectivity index (χ4v) is 4.13. The summed E-state index contributed by atoms with van der Waals surface area (Å²) in [6.45, 7) is 11.9. The van der Waals surface area contributed by atoms with Gasteiger partial charge >= 0.3 is 6.09 Å². The first-order valence-electron chi connectivity index (χ1n) is 11.1. The van der Waals surface area contributed by atoms with Crippen molar-refractivity contribution in [2.24, 2.45) is 0 Å². The molecule has 0 spiro atoms. The van der Waals surface area contributed by atoms with Crippen LogP contribution in [0.15, 0.2) is 42.6 Å². The maximum atomic E-state index is 12.4. The molecule has 1 amide bonds. The van der Waals surface area contributed by atoms with Gasteiger partial charge in [0.25, 0.3) is 0 Å². The van der Waals surface area contributed by atoms with E-state index in [0.29, 0.717) is 21.5 Å². The van der Waals surface area contributed by atoms with Gasteiger partial charge in [0.1, 0.15) is 23.6 Å². The summed E-state index contributed by atoms with van der Waals surface area (Å²) in [5.74, 6) is 0.909. The van der Waals surface area contributed by atoms with Gasteiger partial charge in [0, 0.05) is 12.7 Å². The van der Waals surface area contributed by atoms with Crippen molar-refractivity contribution in [3.8, 4) is 11.4 Å². The third-order valence-electron chi connectivity index (χ3n) is 5.25. The number of halogens is 2. The summed E-state index contributed by atoms with van der Waals surface area (Å²) < 4.78 is 13.4. The van der Waals surface area contributed by atoms with Crippen LogP contribution in [-0.4, -0.2) is 28.5 Å². The first-order valence-corrected chi connectivity index (χ1v) is 11.9. The SMILES string of the molecule is Cc1cc(OCc2c(C(C)C)cnn2-c2c(Cl)cccc2Cl)ccc1N(C)C(=O)OC(C)(C)C. The second-order valence-electron chi connectivity index (χ2n) is 9.46. The number of benzene rings is 2. The third-order valence-corrected chi connectivity index (χ3v) is 5.86. The van der Waals surface area contributed by atoms with Gasteiger partial charge in [-0.25, -0.2) is 9.48 Å². The molecule has 1 heterocycles. The summed E-state index contributed by atoms with van der Waals surface area (Å²) in [4.78, 5) is 13.9. The zero-order valence-electron chi connectivity index (χ0n) is 20.6. The normalized spacial score (nSPS) is 11.6. The third kappa shape index (κ3) is 5.86. The van der Waals surface area contributed by atoms with E-state index in [9.17, 15) is 4.79 Å². The van der Waals surface area contributed by atoms with Crippen LogP contribution in [0.4, 0.5) is 10.5 Å². The lowest BCUT2D eigenvalue weighted by atomic mass is 10.0. The lowest BCUT2D eigenvalue weighted by Crippen LogP contribution is -2.34. The minimum Gasteiger partial charge on any atom is -0.487 e. The Morgan fingerprint density at radius 3 is 2.35 bits per heavy atom. The lowest BCUT2D eigenvalue weighted by molar-refractivity contribution is 0.0589. The highest BCUT2D eigenvalue weighted by atomic mass is 35.5. The zero-order chi connectivity index (χ0) is 25.2. The maximum absolute atomic E-state index is 12.4. The molecule has 0 fully saturated rings. The van der Waals surface area contributed by atoms with E-state index >= 15 is 0 Å². The number of amides is 1. The highest BCUT2D eigenvalue weighted by molar-refractivity contribution is 6.37. The van der Waals surface area contributed by atoms with Crippen LogP contribution in [0, 0.1) is 6.92 Å². The molecule has 2 aromatic carbocycles. The number of anilines is 1. The second-order valence-corrected chi connectivity index (χ2v) is 10.3. The fraction of sp³-hybridized carbons (Fsp3) is 0.385. The average molecular weight is 504 g/mol. The molecule has 0 atom stereocenters. The number of nitrogens with zero attached hydrogens (tertiary/aromatic N) is 3. The van der Waals surface area contributed by atoms with Crippen LogP contribution in [0.2, 0.25) is 10.0 Å². The van der Waals surface area contributed by atoms with Gasteiger partial charge in [-0.3, -0.25) is 4.90 Å². The van der Waals surface area contributed by atoms with Crippen molar-refractivity contribution in [1.29, 1.82) is 0 Å². The van der Waals surface area contributed by atoms with Crippen LogP contribution >= 0.6 is 23.2 Å². The van der Waals surface area contributed by atoms with Gasteiger partial charge in [-0.2, -0.15) is 5.10 Å². The van der Waals surface area contributed by atoms with E-state index in [1.807, 2.05) is 52.1 Å². The molecule has 34 heavy (non-hydrogen) atoms. The Morgan fingerprint density at radius 2 is 1.79 bits per heavy atom. The van der Waals surface area contributed by atoms with E-state index in [-0.39, 0.29) is 12.5 Å². The Balaban J connectivity index is 1.85. The summed E-state index contributed by atoms with van der Waals surface area (Å²) >= 11 is 12.9. The van der Waals surface area contributed by atoms with E-state index in [1.165, 1.54) is 4.90 Å². The summed E-state index contributed by atoms with van der Waals surface area (Å²) in [6.07, 6.45) is 1.42. The Labute approximate surface area is 211 Å². The Morgan fingerprint density at radius 1 is 1.15 bits per heavy atom. The smallest absolute Gasteiger partial charge is 0.414 e. The van der Waals surface area contributed by atoms with Gasteiger partial charge in [0.2, 0.25) is 0 Å². The quantitative estimate of drug-likeness (QED) is 0.348. The number of para-hydroxylation sites is 1. The van der Waals surface area contributed by atoms with Crippen LogP contribution < -0.4 is 9.64 Å². The van der Waals surface area contributed by atoms with Crippen molar-refractivity contribution in [3.63, 3.8) is 0 Å². The monoisotopic (exact) mass is 503 g/mol. The zero-order valence-corrected chi connectivity index (χ0v) is 22.2. The van der Waals surface area contributed by atoms with E-state index in [4.69, 9.17) is 32.7 Å². The van der Waals surface area contributed by atoms with Crippen molar-refractivity contribution < 1.29 is 14.3 Å². The summed E-state index contributed by atoms with van der Waals surface area (Å²) in [7, 11) is 1.69. The molecule has 0 radical (unpaired) electrons. The molecule has 0 aliphatic heterocycles. The number of hydrogen-bond acceptors (Lipinski definition) is 4. The first-order chi connectivity index (χ1) is 15.9. The fourth-order valence-electron chi connectivity index (χ4n) is 3.57. The highest BCUT2D eigenvalue weighted by Gasteiger charge is 2.22. The van der Waals surface area contributed by atoms with E-state index in [1.54, 1.807) is 29.9 Å². The molecular formula is C26H31Cl2N3O3. The van der Waals surface area contributed by atoms with E-state index in [0.717, 1.165) is 22.5 Å². The van der Waals surface area contributed by atoms with Crippen LogP contribution in [0.3, 0.4) is 0 Å². The van der Waals surface area contributed by atoms with Crippen LogP contribution in [0.25, 0.3) is 5.69 Å². The Kier molecular flexibility index (Phi) is 7.84. The molecule has 0 saturated heterocycles. The van der Waals surface area contributed by atoms with Crippen molar-refractivity contribution in [2.45, 2.75) is 59.7 Å². The predicted octanol–water partition coefficient (Wildman–Crippen LogP) is 7.56. The van der Waals surface area contributed by atoms with Crippen molar-refractivity contribution in [1.82, 2.24) is 9.78 Å². The van der Waals surface area contributed by atoms with Gasteiger partial charge in [0.15, 0.2) is 0 Å². The molecule has 0 aliphatic carbocycles. The lowest BCUT2D eigenvalue weighted by Gasteiger charge is -2.25. The molecule has 0 bridgehead atoms. The number of aromatic nitrogens is 2. The van der Waals surface area contributed by atoms with Gasteiger partial charge < -0.3 is 9.47 Å². The molecule has 3 aromatic rings. The largest absolute Gasteiger partial charge is 0.487 e. The number of hydrogen-bond donors (Lipinski definition) is 0. The number of carbonyl (C=O) groups is 1. The first kappa shape index (κ1) is 25.9. The summed E-state index contributed by atoms with van der Waals surface area (Å²) in [5.41, 5.74) is 3.62. The van der Waals surface area contributed by atoms with Gasteiger partial charge in [-0.15, -0.1) is 0 Å². The van der Waals surface area contributed by atoms with E-state index < -0.39 is 11.7 Å². The predicted molar refractivity (Wildman–Crippen MR) is 138 cm³/mol.